The highest BCUT2D eigenvalue weighted by atomic mass is 16.2. The number of hydrogen-bond acceptors (Lipinski definition) is 3. The third kappa shape index (κ3) is 0.876. The quantitative estimate of drug-likeness (QED) is 0.542. The molecule has 0 saturated carbocycles. The zero-order valence-corrected chi connectivity index (χ0v) is 7.68. The van der Waals surface area contributed by atoms with Gasteiger partial charge in [0.05, 0.1) is 6.33 Å². The van der Waals surface area contributed by atoms with Gasteiger partial charge in [0.25, 0.3) is 5.56 Å². The van der Waals surface area contributed by atoms with Gasteiger partial charge in [0.1, 0.15) is 0 Å². The Morgan fingerprint density at radius 1 is 1.36 bits per heavy atom. The Kier molecular flexibility index (Phi) is 1.06. The molecular formula is C8H10N4O2. The molecule has 2 aromatic rings. The summed E-state index contributed by atoms with van der Waals surface area (Å²) in [6.07, 6.45) is 1.04. The van der Waals surface area contributed by atoms with Gasteiger partial charge in [0.2, 0.25) is 0 Å². The van der Waals surface area contributed by atoms with Gasteiger partial charge in [-0.05, 0) is 0 Å². The molecule has 0 unspecified atom stereocenters. The highest BCUT2D eigenvalue weighted by molar-refractivity contribution is 5.69. The van der Waals surface area contributed by atoms with Crippen LogP contribution in [0.15, 0.2) is 15.9 Å². The predicted octanol–water partition coefficient (Wildman–Crippen LogP) is -1.03. The van der Waals surface area contributed by atoms with Gasteiger partial charge in [-0.2, -0.15) is 0 Å². The Morgan fingerprint density at radius 3 is 2.71 bits per heavy atom. The highest BCUT2D eigenvalue weighted by Gasteiger charge is 2.11. The number of fused-ring (bicyclic) bond motifs is 1. The van der Waals surface area contributed by atoms with Gasteiger partial charge in [0.15, 0.2) is 11.2 Å². The molecule has 0 spiro atoms. The van der Waals surface area contributed by atoms with Crippen molar-refractivity contribution in [2.45, 2.75) is 0 Å². The molecule has 2 rings (SSSR count). The first-order valence-electron chi connectivity index (χ1n) is 5.38. The van der Waals surface area contributed by atoms with Crippen molar-refractivity contribution in [3.05, 3.63) is 27.2 Å². The lowest BCUT2D eigenvalue weighted by molar-refractivity contribution is 0.705. The van der Waals surface area contributed by atoms with Gasteiger partial charge >= 0.3 is 5.69 Å². The van der Waals surface area contributed by atoms with Crippen LogP contribution in [-0.4, -0.2) is 18.7 Å². The van der Waals surface area contributed by atoms with Crippen LogP contribution in [0.3, 0.4) is 0 Å². The second-order valence-electron chi connectivity index (χ2n) is 2.99. The summed E-state index contributed by atoms with van der Waals surface area (Å²) in [7, 11) is 2.72. The molecule has 0 aliphatic heterocycles. The van der Waals surface area contributed by atoms with Crippen LogP contribution < -0.4 is 11.2 Å². The van der Waals surface area contributed by atoms with Crippen LogP contribution in [0.5, 0.6) is 0 Å². The third-order valence-corrected chi connectivity index (χ3v) is 2.15. The van der Waals surface area contributed by atoms with Crippen LogP contribution in [0.25, 0.3) is 11.2 Å². The Bertz CT molecular complexity index is 706. The average Bonchev–Trinajstić information content (AvgIpc) is 2.67. The molecule has 0 aliphatic rings. The van der Waals surface area contributed by atoms with Gasteiger partial charge in [-0.25, -0.2) is 9.78 Å². The van der Waals surface area contributed by atoms with E-state index in [1.54, 1.807) is 0 Å². The van der Waals surface area contributed by atoms with E-state index in [1.165, 1.54) is 14.1 Å². The van der Waals surface area contributed by atoms with Crippen LogP contribution in [0.4, 0.5) is 0 Å². The van der Waals surface area contributed by atoms with E-state index in [0.29, 0.717) is 0 Å². The number of aryl methyl sites for hydroxylation is 2. The van der Waals surface area contributed by atoms with Gasteiger partial charge in [0, 0.05) is 25.2 Å². The van der Waals surface area contributed by atoms with Crippen LogP contribution >= 0.6 is 0 Å². The first-order valence-corrected chi connectivity index (χ1v) is 3.88. The fourth-order valence-corrected chi connectivity index (χ4v) is 1.34. The standard InChI is InChI=1S/C8H10N4O2/c1-10-4-9-6-5(10)7(13)12(3)8(14)11(6)2/h4H,1-3H3/i1D3. The average molecular weight is 197 g/mol. The van der Waals surface area contributed by atoms with E-state index in [0.717, 1.165) is 20.0 Å². The van der Waals surface area contributed by atoms with Crippen LogP contribution in [0.1, 0.15) is 4.11 Å². The summed E-state index contributed by atoms with van der Waals surface area (Å²) in [5.41, 5.74) is -1.25. The van der Waals surface area contributed by atoms with Crippen molar-refractivity contribution in [3.63, 3.8) is 0 Å². The summed E-state index contributed by atoms with van der Waals surface area (Å²) in [5, 5.41) is 0. The second-order valence-corrected chi connectivity index (χ2v) is 2.99. The monoisotopic (exact) mass is 197 g/mol. The van der Waals surface area contributed by atoms with E-state index >= 15 is 0 Å². The van der Waals surface area contributed by atoms with Gasteiger partial charge < -0.3 is 4.57 Å². The van der Waals surface area contributed by atoms with E-state index in [1.807, 2.05) is 0 Å². The molecule has 0 amide bonds. The molecule has 0 saturated heterocycles. The fraction of sp³-hybridized carbons (Fsp3) is 0.375. The first-order chi connectivity index (χ1) is 7.75. The number of nitrogens with zero attached hydrogens (tertiary/aromatic N) is 4. The Balaban J connectivity index is 3.07. The smallest absolute Gasteiger partial charge is 0.328 e. The lowest BCUT2D eigenvalue weighted by Gasteiger charge is -2.02. The van der Waals surface area contributed by atoms with Crippen LogP contribution in [-0.2, 0) is 21.1 Å². The molecule has 2 aromatic heterocycles. The predicted molar refractivity (Wildman–Crippen MR) is 51.2 cm³/mol. The molecule has 0 N–H and O–H groups in total. The molecule has 0 atom stereocenters. The number of hydrogen-bond donors (Lipinski definition) is 0. The number of imidazole rings is 1. The van der Waals surface area contributed by atoms with Crippen LogP contribution in [0, 0.1) is 0 Å². The lowest BCUT2D eigenvalue weighted by Crippen LogP contribution is -2.37. The normalized spacial score (nSPS) is 15.1. The summed E-state index contributed by atoms with van der Waals surface area (Å²) >= 11 is 0. The minimum absolute atomic E-state index is 0.0641. The Morgan fingerprint density at radius 2 is 2.07 bits per heavy atom. The minimum Gasteiger partial charge on any atom is -0.328 e. The van der Waals surface area contributed by atoms with Gasteiger partial charge in [-0.15, -0.1) is 0 Å². The summed E-state index contributed by atoms with van der Waals surface area (Å²) in [6.45, 7) is -2.50. The molecule has 0 fully saturated rings. The first kappa shape index (κ1) is 5.79. The highest BCUT2D eigenvalue weighted by Crippen LogP contribution is 2.01. The van der Waals surface area contributed by atoms with Crippen molar-refractivity contribution in [3.8, 4) is 0 Å². The molecule has 0 aliphatic carbocycles. The van der Waals surface area contributed by atoms with Gasteiger partial charge in [-0.3, -0.25) is 13.9 Å². The van der Waals surface area contributed by atoms with E-state index in [9.17, 15) is 9.59 Å². The summed E-state index contributed by atoms with van der Waals surface area (Å²) in [5.74, 6) is 0. The SMILES string of the molecule is [2H]C([2H])([2H])n1cnc2c1c(=O)n(C)c(=O)n2C. The topological polar surface area (TPSA) is 61.8 Å². The molecule has 2 heterocycles. The number of rotatable bonds is 0. The van der Waals surface area contributed by atoms with Crippen molar-refractivity contribution in [2.75, 3.05) is 0 Å². The molecular weight excluding hydrogens is 184 g/mol. The van der Waals surface area contributed by atoms with E-state index < -0.39 is 18.2 Å². The van der Waals surface area contributed by atoms with Crippen LogP contribution in [0.2, 0.25) is 0 Å². The molecule has 6 nitrogen and oxygen atoms in total. The van der Waals surface area contributed by atoms with Crippen molar-refractivity contribution in [1.82, 2.24) is 18.7 Å². The maximum absolute atomic E-state index is 11.9. The van der Waals surface area contributed by atoms with Crippen molar-refractivity contribution in [1.29, 1.82) is 0 Å². The fourth-order valence-electron chi connectivity index (χ4n) is 1.34. The van der Waals surface area contributed by atoms with Crippen molar-refractivity contribution >= 4 is 11.2 Å². The Hall–Kier alpha value is -1.85. The van der Waals surface area contributed by atoms with Crippen molar-refractivity contribution in [2.24, 2.45) is 21.1 Å². The molecule has 0 radical (unpaired) electrons. The molecule has 14 heavy (non-hydrogen) atoms. The maximum Gasteiger partial charge on any atom is 0.332 e. The van der Waals surface area contributed by atoms with E-state index in [-0.39, 0.29) is 11.2 Å². The summed E-state index contributed by atoms with van der Waals surface area (Å²) in [6, 6.07) is 0. The largest absolute Gasteiger partial charge is 0.332 e. The van der Waals surface area contributed by atoms with E-state index in [2.05, 4.69) is 4.98 Å². The molecule has 74 valence electrons. The molecule has 6 heteroatoms. The number of aromatic nitrogens is 4. The molecule has 0 aromatic carbocycles. The van der Waals surface area contributed by atoms with Crippen molar-refractivity contribution < 1.29 is 4.11 Å². The lowest BCUT2D eigenvalue weighted by atomic mass is 10.5. The Labute approximate surface area is 83.2 Å². The molecule has 0 bridgehead atoms. The summed E-state index contributed by atoms with van der Waals surface area (Å²) in [4.78, 5) is 27.3. The van der Waals surface area contributed by atoms with Gasteiger partial charge in [-0.1, -0.05) is 0 Å². The zero-order chi connectivity index (χ0) is 13.0. The third-order valence-electron chi connectivity index (χ3n) is 2.15. The second kappa shape index (κ2) is 2.57. The van der Waals surface area contributed by atoms with E-state index in [4.69, 9.17) is 4.11 Å². The summed E-state index contributed by atoms with van der Waals surface area (Å²) < 4.78 is 24.6. The maximum atomic E-state index is 11.9. The minimum atomic E-state index is -2.50. The zero-order valence-electron chi connectivity index (χ0n) is 10.7.